The summed E-state index contributed by atoms with van der Waals surface area (Å²) in [4.78, 5) is 7.95. The molecule has 2 heterocycles. The molecule has 0 spiro atoms. The number of tetrazole rings is 1. The summed E-state index contributed by atoms with van der Waals surface area (Å²) >= 11 is 1.35. The summed E-state index contributed by atoms with van der Waals surface area (Å²) in [5.41, 5.74) is 11.2. The molecule has 0 atom stereocenters. The highest BCUT2D eigenvalue weighted by Crippen LogP contribution is 2.33. The average molecular weight is 278 g/mol. The van der Waals surface area contributed by atoms with Gasteiger partial charge in [-0.3, -0.25) is 0 Å². The van der Waals surface area contributed by atoms with Gasteiger partial charge in [0.1, 0.15) is 10.8 Å². The molecule has 8 nitrogen and oxygen atoms in total. The van der Waals surface area contributed by atoms with Crippen LogP contribution < -0.4 is 11.5 Å². The fraction of sp³-hybridized carbons (Fsp3) is 0.500. The van der Waals surface area contributed by atoms with Crippen LogP contribution in [-0.2, 0) is 0 Å². The molecule has 0 amide bonds. The molecule has 0 unspecified atom stereocenters. The Kier molecular flexibility index (Phi) is 3.20. The molecular weight excluding hydrogens is 264 g/mol. The zero-order chi connectivity index (χ0) is 13.2. The smallest absolute Gasteiger partial charge is 0.223 e. The molecule has 0 bridgehead atoms. The van der Waals surface area contributed by atoms with Crippen molar-refractivity contribution in [2.24, 2.45) is 0 Å². The van der Waals surface area contributed by atoms with E-state index in [1.807, 2.05) is 4.68 Å². The first-order valence-electron chi connectivity index (χ1n) is 6.08. The van der Waals surface area contributed by atoms with Crippen molar-refractivity contribution in [2.45, 2.75) is 41.9 Å². The molecule has 3 rings (SSSR count). The minimum Gasteiger partial charge on any atom is -0.383 e. The molecule has 1 aliphatic carbocycles. The Morgan fingerprint density at radius 3 is 2.74 bits per heavy atom. The maximum atomic E-state index is 5.65. The third kappa shape index (κ3) is 2.60. The molecule has 2 aromatic heterocycles. The third-order valence-corrected chi connectivity index (χ3v) is 3.94. The first kappa shape index (κ1) is 12.2. The SMILES string of the molecule is Nc1cc(Sc2nnnn2C2CCCC2)nc(N)n1. The van der Waals surface area contributed by atoms with Gasteiger partial charge < -0.3 is 11.5 Å². The maximum Gasteiger partial charge on any atom is 0.223 e. The highest BCUT2D eigenvalue weighted by molar-refractivity contribution is 7.99. The van der Waals surface area contributed by atoms with E-state index in [0.717, 1.165) is 12.8 Å². The molecule has 1 fully saturated rings. The Morgan fingerprint density at radius 2 is 2.00 bits per heavy atom. The van der Waals surface area contributed by atoms with E-state index in [-0.39, 0.29) is 5.95 Å². The highest BCUT2D eigenvalue weighted by Gasteiger charge is 2.22. The summed E-state index contributed by atoms with van der Waals surface area (Å²) in [5, 5.41) is 13.2. The zero-order valence-corrected chi connectivity index (χ0v) is 11.0. The predicted molar refractivity (Wildman–Crippen MR) is 70.3 cm³/mol. The van der Waals surface area contributed by atoms with E-state index in [9.17, 15) is 0 Å². The zero-order valence-electron chi connectivity index (χ0n) is 10.2. The van der Waals surface area contributed by atoms with Crippen LogP contribution in [0.1, 0.15) is 31.7 Å². The number of nitrogen functional groups attached to an aromatic ring is 2. The number of anilines is 2. The Balaban J connectivity index is 1.85. The van der Waals surface area contributed by atoms with Crippen molar-refractivity contribution in [1.82, 2.24) is 30.2 Å². The highest BCUT2D eigenvalue weighted by atomic mass is 32.2. The van der Waals surface area contributed by atoms with Crippen molar-refractivity contribution in [1.29, 1.82) is 0 Å². The molecule has 4 N–H and O–H groups in total. The van der Waals surface area contributed by atoms with Crippen molar-refractivity contribution in [3.05, 3.63) is 6.07 Å². The van der Waals surface area contributed by atoms with Gasteiger partial charge in [0.15, 0.2) is 0 Å². The van der Waals surface area contributed by atoms with Crippen molar-refractivity contribution < 1.29 is 0 Å². The van der Waals surface area contributed by atoms with Crippen LogP contribution in [0, 0.1) is 0 Å². The van der Waals surface area contributed by atoms with Gasteiger partial charge in [0.25, 0.3) is 0 Å². The van der Waals surface area contributed by atoms with E-state index in [1.54, 1.807) is 6.07 Å². The fourth-order valence-electron chi connectivity index (χ4n) is 2.24. The van der Waals surface area contributed by atoms with Crippen molar-refractivity contribution in [3.63, 3.8) is 0 Å². The lowest BCUT2D eigenvalue weighted by molar-refractivity contribution is 0.423. The van der Waals surface area contributed by atoms with Crippen LogP contribution in [0.5, 0.6) is 0 Å². The molecule has 0 radical (unpaired) electrons. The maximum absolute atomic E-state index is 5.65. The van der Waals surface area contributed by atoms with Gasteiger partial charge in [-0.1, -0.05) is 12.8 Å². The number of hydrogen-bond acceptors (Lipinski definition) is 8. The van der Waals surface area contributed by atoms with E-state index in [2.05, 4.69) is 25.5 Å². The summed E-state index contributed by atoms with van der Waals surface area (Å²) in [5.74, 6) is 0.497. The van der Waals surface area contributed by atoms with Crippen molar-refractivity contribution in [2.75, 3.05) is 11.5 Å². The second kappa shape index (κ2) is 5.00. The lowest BCUT2D eigenvalue weighted by atomic mass is 10.3. The largest absolute Gasteiger partial charge is 0.383 e. The van der Waals surface area contributed by atoms with Crippen LogP contribution in [0.2, 0.25) is 0 Å². The first-order valence-corrected chi connectivity index (χ1v) is 6.90. The minimum atomic E-state index is 0.155. The molecule has 1 saturated carbocycles. The van der Waals surface area contributed by atoms with E-state index in [0.29, 0.717) is 22.0 Å². The van der Waals surface area contributed by atoms with Crippen molar-refractivity contribution in [3.8, 4) is 0 Å². The number of hydrogen-bond donors (Lipinski definition) is 2. The number of nitrogens with zero attached hydrogens (tertiary/aromatic N) is 6. The van der Waals surface area contributed by atoms with Crippen LogP contribution in [0.4, 0.5) is 11.8 Å². The van der Waals surface area contributed by atoms with Gasteiger partial charge in [-0.25, -0.2) is 9.67 Å². The van der Waals surface area contributed by atoms with Gasteiger partial charge >= 0.3 is 0 Å². The normalized spacial score (nSPS) is 16.0. The summed E-state index contributed by atoms with van der Waals surface area (Å²) in [6.07, 6.45) is 4.68. The second-order valence-electron chi connectivity index (χ2n) is 4.44. The Bertz CT molecular complexity index is 556. The van der Waals surface area contributed by atoms with Crippen LogP contribution >= 0.6 is 11.8 Å². The van der Waals surface area contributed by atoms with E-state index in [4.69, 9.17) is 11.5 Å². The molecule has 0 aromatic carbocycles. The third-order valence-electron chi connectivity index (χ3n) is 3.07. The summed E-state index contributed by atoms with van der Waals surface area (Å²) in [6.45, 7) is 0. The Hall–Kier alpha value is -1.90. The van der Waals surface area contributed by atoms with Crippen molar-refractivity contribution >= 4 is 23.5 Å². The Labute approximate surface area is 114 Å². The summed E-state index contributed by atoms with van der Waals surface area (Å²) in [6, 6.07) is 2.04. The lowest BCUT2D eigenvalue weighted by Crippen LogP contribution is -2.08. The molecule has 19 heavy (non-hydrogen) atoms. The minimum absolute atomic E-state index is 0.155. The van der Waals surface area contributed by atoms with E-state index in [1.165, 1.54) is 24.6 Å². The van der Waals surface area contributed by atoms with Gasteiger partial charge in [0.2, 0.25) is 11.1 Å². The van der Waals surface area contributed by atoms with Crippen LogP contribution in [0.3, 0.4) is 0 Å². The fourth-order valence-corrected chi connectivity index (χ4v) is 3.10. The van der Waals surface area contributed by atoms with Gasteiger partial charge in [0.05, 0.1) is 6.04 Å². The van der Waals surface area contributed by atoms with Crippen LogP contribution in [-0.4, -0.2) is 30.2 Å². The molecule has 2 aromatic rings. The average Bonchev–Trinajstić information content (AvgIpc) is 2.96. The Morgan fingerprint density at radius 1 is 1.21 bits per heavy atom. The van der Waals surface area contributed by atoms with Gasteiger partial charge in [-0.15, -0.1) is 5.10 Å². The van der Waals surface area contributed by atoms with Crippen LogP contribution in [0.25, 0.3) is 0 Å². The quantitative estimate of drug-likeness (QED) is 0.794. The summed E-state index contributed by atoms with van der Waals surface area (Å²) in [7, 11) is 0. The molecule has 0 aliphatic heterocycles. The molecule has 9 heteroatoms. The molecular formula is C10H14N8S. The summed E-state index contributed by atoms with van der Waals surface area (Å²) < 4.78 is 1.87. The topological polar surface area (TPSA) is 121 Å². The van der Waals surface area contributed by atoms with Gasteiger partial charge in [-0.05, 0) is 35.0 Å². The number of nitrogens with two attached hydrogens (primary N) is 2. The van der Waals surface area contributed by atoms with E-state index >= 15 is 0 Å². The predicted octanol–water partition coefficient (Wildman–Crippen LogP) is 0.894. The standard InChI is InChI=1S/C10H14N8S/c11-7-5-8(14-9(12)13-7)19-10-15-16-17-18(10)6-3-1-2-4-6/h5-6H,1-4H2,(H4,11,12,13,14). The molecule has 100 valence electrons. The van der Waals surface area contributed by atoms with E-state index < -0.39 is 0 Å². The second-order valence-corrected chi connectivity index (χ2v) is 5.42. The van der Waals surface area contributed by atoms with Crippen LogP contribution in [0.15, 0.2) is 16.2 Å². The molecule has 1 aliphatic rings. The first-order chi connectivity index (χ1) is 9.22. The lowest BCUT2D eigenvalue weighted by Gasteiger charge is -2.10. The monoisotopic (exact) mass is 278 g/mol. The number of aromatic nitrogens is 6. The number of rotatable bonds is 3. The van der Waals surface area contributed by atoms with Gasteiger partial charge in [0, 0.05) is 6.07 Å². The molecule has 0 saturated heterocycles. The van der Waals surface area contributed by atoms with Gasteiger partial charge in [-0.2, -0.15) is 4.98 Å².